The van der Waals surface area contributed by atoms with E-state index in [9.17, 15) is 9.59 Å². The van der Waals surface area contributed by atoms with E-state index in [1.807, 2.05) is 29.0 Å². The van der Waals surface area contributed by atoms with E-state index in [0.29, 0.717) is 5.56 Å². The Morgan fingerprint density at radius 2 is 2.14 bits per heavy atom. The lowest BCUT2D eigenvalue weighted by atomic mass is 10.0. The van der Waals surface area contributed by atoms with Crippen molar-refractivity contribution in [2.45, 2.75) is 32.4 Å². The maximum atomic E-state index is 12.3. The molecule has 2 amide bonds. The van der Waals surface area contributed by atoms with Crippen molar-refractivity contribution in [3.63, 3.8) is 0 Å². The molecule has 1 atom stereocenters. The second-order valence-electron chi connectivity index (χ2n) is 7.67. The molecular formula is C20H21N5O3. The molecule has 8 heteroatoms. The summed E-state index contributed by atoms with van der Waals surface area (Å²) in [7, 11) is 0. The largest absolute Gasteiger partial charge is 0.444 e. The number of hydrogen-bond acceptors (Lipinski definition) is 5. The fraction of sp³-hybridized carbons (Fsp3) is 0.300. The molecule has 0 radical (unpaired) electrons. The van der Waals surface area contributed by atoms with Gasteiger partial charge < -0.3 is 19.9 Å². The first-order valence-electron chi connectivity index (χ1n) is 9.01. The standard InChI is InChI=1S/C20H21N5O3/c1-20(2,3)28-19(27)22-10-16-15-8-13(4-5-14(15)18(26)24-16)25-7-6-12-9-21-11-23-17(12)25/h4-9,11,16H,10H2,1-3H3,(H,22,27)(H,24,26). The monoisotopic (exact) mass is 379 g/mol. The minimum absolute atomic E-state index is 0.155. The van der Waals surface area contributed by atoms with Crippen LogP contribution in [0.3, 0.4) is 0 Å². The highest BCUT2D eigenvalue weighted by molar-refractivity contribution is 5.99. The quantitative estimate of drug-likeness (QED) is 0.729. The van der Waals surface area contributed by atoms with Crippen LogP contribution in [0.5, 0.6) is 0 Å². The summed E-state index contributed by atoms with van der Waals surface area (Å²) in [4.78, 5) is 32.6. The highest BCUT2D eigenvalue weighted by atomic mass is 16.6. The molecule has 1 aromatic carbocycles. The van der Waals surface area contributed by atoms with Crippen molar-refractivity contribution in [2.75, 3.05) is 6.54 Å². The maximum Gasteiger partial charge on any atom is 0.407 e. The molecule has 0 aliphatic carbocycles. The van der Waals surface area contributed by atoms with Gasteiger partial charge >= 0.3 is 6.09 Å². The number of nitrogens with zero attached hydrogens (tertiary/aromatic N) is 3. The Morgan fingerprint density at radius 3 is 2.93 bits per heavy atom. The molecule has 0 fully saturated rings. The van der Waals surface area contributed by atoms with Gasteiger partial charge in [0.15, 0.2) is 0 Å². The minimum atomic E-state index is -0.578. The molecule has 4 rings (SSSR count). The van der Waals surface area contributed by atoms with Gasteiger partial charge in [0.05, 0.1) is 6.04 Å². The third-order valence-electron chi connectivity index (χ3n) is 4.44. The second-order valence-corrected chi connectivity index (χ2v) is 7.67. The van der Waals surface area contributed by atoms with Crippen molar-refractivity contribution in [3.05, 3.63) is 54.1 Å². The van der Waals surface area contributed by atoms with Crippen LogP contribution in [0, 0.1) is 0 Å². The van der Waals surface area contributed by atoms with E-state index in [2.05, 4.69) is 20.6 Å². The summed E-state index contributed by atoms with van der Waals surface area (Å²) in [5.74, 6) is -0.155. The van der Waals surface area contributed by atoms with Crippen molar-refractivity contribution >= 4 is 23.0 Å². The van der Waals surface area contributed by atoms with Gasteiger partial charge in [-0.3, -0.25) is 4.79 Å². The smallest absolute Gasteiger partial charge is 0.407 e. The summed E-state index contributed by atoms with van der Waals surface area (Å²) in [6.07, 6.45) is 4.66. The van der Waals surface area contributed by atoms with E-state index in [1.165, 1.54) is 6.33 Å². The molecule has 0 spiro atoms. The number of rotatable bonds is 3. The first-order chi connectivity index (χ1) is 13.3. The van der Waals surface area contributed by atoms with Gasteiger partial charge in [0.25, 0.3) is 5.91 Å². The summed E-state index contributed by atoms with van der Waals surface area (Å²) in [6, 6.07) is 7.22. The van der Waals surface area contributed by atoms with Crippen LogP contribution in [0.2, 0.25) is 0 Å². The SMILES string of the molecule is CC(C)(C)OC(=O)NCC1NC(=O)c2ccc(-n3ccc4cncnc43)cc21. The number of aromatic nitrogens is 3. The number of carbonyl (C=O) groups is 2. The Hall–Kier alpha value is -3.42. The molecule has 28 heavy (non-hydrogen) atoms. The molecule has 0 bridgehead atoms. The van der Waals surface area contributed by atoms with Crippen LogP contribution in [-0.4, -0.2) is 38.7 Å². The van der Waals surface area contributed by atoms with Crippen LogP contribution < -0.4 is 10.6 Å². The lowest BCUT2D eigenvalue weighted by Gasteiger charge is -2.21. The third kappa shape index (κ3) is 3.40. The van der Waals surface area contributed by atoms with Crippen molar-refractivity contribution in [3.8, 4) is 5.69 Å². The number of fused-ring (bicyclic) bond motifs is 2. The first-order valence-corrected chi connectivity index (χ1v) is 9.01. The number of amides is 2. The molecule has 0 saturated carbocycles. The molecule has 8 nitrogen and oxygen atoms in total. The van der Waals surface area contributed by atoms with E-state index in [1.54, 1.807) is 33.0 Å². The zero-order chi connectivity index (χ0) is 19.9. The van der Waals surface area contributed by atoms with Gasteiger partial charge in [-0.05, 0) is 50.6 Å². The highest BCUT2D eigenvalue weighted by Gasteiger charge is 2.29. The second kappa shape index (κ2) is 6.63. The number of nitrogens with one attached hydrogen (secondary N) is 2. The molecular weight excluding hydrogens is 358 g/mol. The molecule has 2 aromatic heterocycles. The fourth-order valence-electron chi connectivity index (χ4n) is 3.26. The van der Waals surface area contributed by atoms with E-state index in [0.717, 1.165) is 22.3 Å². The number of ether oxygens (including phenoxy) is 1. The average Bonchev–Trinajstić information content (AvgIpc) is 3.20. The Morgan fingerprint density at radius 1 is 1.32 bits per heavy atom. The van der Waals surface area contributed by atoms with Gasteiger partial charge in [0, 0.05) is 35.6 Å². The summed E-state index contributed by atoms with van der Waals surface area (Å²) in [5.41, 5.74) is 2.52. The lowest BCUT2D eigenvalue weighted by Crippen LogP contribution is -2.37. The van der Waals surface area contributed by atoms with Crippen LogP contribution >= 0.6 is 0 Å². The van der Waals surface area contributed by atoms with Crippen molar-refractivity contribution in [1.29, 1.82) is 0 Å². The minimum Gasteiger partial charge on any atom is -0.444 e. The van der Waals surface area contributed by atoms with Crippen LogP contribution in [0.15, 0.2) is 43.0 Å². The van der Waals surface area contributed by atoms with Gasteiger partial charge in [-0.2, -0.15) is 0 Å². The number of hydrogen-bond donors (Lipinski definition) is 2. The molecule has 3 aromatic rings. The van der Waals surface area contributed by atoms with Crippen LogP contribution in [0.25, 0.3) is 16.7 Å². The average molecular weight is 379 g/mol. The molecule has 0 saturated heterocycles. The van der Waals surface area contributed by atoms with E-state index in [4.69, 9.17) is 4.74 Å². The van der Waals surface area contributed by atoms with E-state index >= 15 is 0 Å². The highest BCUT2D eigenvalue weighted by Crippen LogP contribution is 2.28. The Labute approximate surface area is 161 Å². The van der Waals surface area contributed by atoms with Gasteiger partial charge in [0.1, 0.15) is 17.6 Å². The van der Waals surface area contributed by atoms with Crippen LogP contribution in [0.1, 0.15) is 42.7 Å². The third-order valence-corrected chi connectivity index (χ3v) is 4.44. The van der Waals surface area contributed by atoms with Crippen LogP contribution in [0.4, 0.5) is 4.79 Å². The Balaban J connectivity index is 1.60. The van der Waals surface area contributed by atoms with Crippen molar-refractivity contribution in [2.24, 2.45) is 0 Å². The summed E-state index contributed by atoms with van der Waals surface area (Å²) in [6.45, 7) is 5.65. The molecule has 1 unspecified atom stereocenters. The predicted octanol–water partition coefficient (Wildman–Crippen LogP) is 2.73. The predicted molar refractivity (Wildman–Crippen MR) is 103 cm³/mol. The number of alkyl carbamates (subject to hydrolysis) is 1. The molecule has 1 aliphatic rings. The van der Waals surface area contributed by atoms with Crippen LogP contribution in [-0.2, 0) is 4.74 Å². The van der Waals surface area contributed by atoms with Crippen molar-refractivity contribution in [1.82, 2.24) is 25.2 Å². The lowest BCUT2D eigenvalue weighted by molar-refractivity contribution is 0.0521. The fourth-order valence-corrected chi connectivity index (χ4v) is 3.26. The maximum absolute atomic E-state index is 12.3. The topological polar surface area (TPSA) is 98.1 Å². The molecule has 144 valence electrons. The Bertz CT molecular complexity index is 1070. The van der Waals surface area contributed by atoms with Gasteiger partial charge in [-0.1, -0.05) is 0 Å². The molecule has 3 heterocycles. The first kappa shape index (κ1) is 18.0. The van der Waals surface area contributed by atoms with Crippen molar-refractivity contribution < 1.29 is 14.3 Å². The molecule has 1 aliphatic heterocycles. The zero-order valence-electron chi connectivity index (χ0n) is 15.9. The zero-order valence-corrected chi connectivity index (χ0v) is 15.9. The van der Waals surface area contributed by atoms with Gasteiger partial charge in [0.2, 0.25) is 0 Å². The van der Waals surface area contributed by atoms with Gasteiger partial charge in [-0.25, -0.2) is 14.8 Å². The van der Waals surface area contributed by atoms with E-state index < -0.39 is 11.7 Å². The van der Waals surface area contributed by atoms with Gasteiger partial charge in [-0.15, -0.1) is 0 Å². The Kier molecular flexibility index (Phi) is 4.26. The van der Waals surface area contributed by atoms with E-state index in [-0.39, 0.29) is 18.5 Å². The number of benzene rings is 1. The summed E-state index contributed by atoms with van der Waals surface area (Å²) >= 11 is 0. The summed E-state index contributed by atoms with van der Waals surface area (Å²) in [5, 5.41) is 6.56. The normalized spacial score (nSPS) is 16.0. The summed E-state index contributed by atoms with van der Waals surface area (Å²) < 4.78 is 7.21. The molecule has 2 N–H and O–H groups in total. The number of carbonyl (C=O) groups excluding carboxylic acids is 2.